The van der Waals surface area contributed by atoms with E-state index in [1.165, 1.54) is 64.2 Å². The average Bonchev–Trinajstić information content (AvgIpc) is 3.81. The van der Waals surface area contributed by atoms with Gasteiger partial charge < -0.3 is 19.3 Å². The molecule has 6 atom stereocenters. The molecule has 7 aliphatic rings. The average molecular weight is 791 g/mol. The van der Waals surface area contributed by atoms with Crippen molar-refractivity contribution in [2.24, 2.45) is 23.7 Å². The highest BCUT2D eigenvalue weighted by Crippen LogP contribution is 2.46. The maximum Gasteiger partial charge on any atom is 0.264 e. The van der Waals surface area contributed by atoms with Crippen molar-refractivity contribution in [3.05, 3.63) is 47.2 Å². The second kappa shape index (κ2) is 17.4. The van der Waals surface area contributed by atoms with Crippen LogP contribution in [0.3, 0.4) is 0 Å². The molecule has 2 N–H and O–H groups in total. The van der Waals surface area contributed by atoms with E-state index in [9.17, 15) is 30.7 Å². The van der Waals surface area contributed by atoms with Crippen LogP contribution < -0.4 is 0 Å². The standard InChI is InChI=1S/C41H62N2O9S2/c44-41-31(17-21-39-42(23-7-25-53(45,46)47)35-27-33(15-19-37(35)51-39)29-9-3-1-4-10-29)13-14-32(41)18-22-40-43(24-8-26-54(48,49)50)36-28-34(16-20-38(36)52-40)30-11-5-2-6-12-30/h17-18,21-22,29-30,33-38H,1-16,19-20,23-28H2,(H,45,46,47)(H,48,49,50)/b31-17+,32-18+,39-21-,40-22-. The third-order valence-corrected chi connectivity index (χ3v) is 15.4. The molecule has 0 bridgehead atoms. The number of ether oxygens (including phenoxy) is 2. The van der Waals surface area contributed by atoms with Crippen molar-refractivity contribution >= 4 is 26.0 Å². The summed E-state index contributed by atoms with van der Waals surface area (Å²) in [4.78, 5) is 18.1. The zero-order valence-corrected chi connectivity index (χ0v) is 33.5. The van der Waals surface area contributed by atoms with Gasteiger partial charge in [-0.05, 0) is 112 Å². The number of allylic oxidation sites excluding steroid dienone is 6. The van der Waals surface area contributed by atoms with E-state index in [2.05, 4.69) is 9.80 Å². The highest BCUT2D eigenvalue weighted by molar-refractivity contribution is 7.86. The fourth-order valence-corrected chi connectivity index (χ4v) is 12.1. The highest BCUT2D eigenvalue weighted by atomic mass is 32.2. The third kappa shape index (κ3) is 9.95. The Hall–Kier alpha value is -2.35. The molecule has 0 radical (unpaired) electrons. The van der Waals surface area contributed by atoms with Gasteiger partial charge in [0.2, 0.25) is 0 Å². The number of nitrogens with zero attached hydrogens (tertiary/aromatic N) is 2. The van der Waals surface area contributed by atoms with Crippen LogP contribution in [0.1, 0.15) is 128 Å². The summed E-state index contributed by atoms with van der Waals surface area (Å²) >= 11 is 0. The van der Waals surface area contributed by atoms with Crippen molar-refractivity contribution in [3.63, 3.8) is 0 Å². The number of ketones is 1. The van der Waals surface area contributed by atoms with Gasteiger partial charge in [0, 0.05) is 24.2 Å². The van der Waals surface area contributed by atoms with E-state index in [0.29, 0.717) is 73.5 Å². The van der Waals surface area contributed by atoms with Gasteiger partial charge in [-0.1, -0.05) is 64.2 Å². The Labute approximate surface area is 323 Å². The molecule has 54 heavy (non-hydrogen) atoms. The quantitative estimate of drug-likeness (QED) is 0.151. The molecule has 2 heterocycles. The molecule has 7 fully saturated rings. The smallest absolute Gasteiger partial charge is 0.264 e. The molecular weight excluding hydrogens is 729 g/mol. The van der Waals surface area contributed by atoms with Gasteiger partial charge >= 0.3 is 0 Å². The molecule has 2 saturated heterocycles. The molecule has 0 spiro atoms. The summed E-state index contributed by atoms with van der Waals surface area (Å²) in [6.07, 6.45) is 28.6. The summed E-state index contributed by atoms with van der Waals surface area (Å²) in [5.41, 5.74) is 1.40. The second-order valence-corrected chi connectivity index (χ2v) is 20.4. The van der Waals surface area contributed by atoms with Crippen LogP contribution in [0.15, 0.2) is 47.2 Å². The second-order valence-electron chi connectivity index (χ2n) is 17.3. The molecule has 13 heteroatoms. The minimum Gasteiger partial charge on any atom is -0.474 e. The lowest BCUT2D eigenvalue weighted by atomic mass is 9.71. The Balaban J connectivity index is 1.05. The van der Waals surface area contributed by atoms with Crippen molar-refractivity contribution in [1.29, 1.82) is 0 Å². The summed E-state index contributed by atoms with van der Waals surface area (Å²) < 4.78 is 78.1. The number of Topliss-reactive ketones (excluding diaryl/α,β-unsaturated/α-hetero) is 1. The lowest BCUT2D eigenvalue weighted by molar-refractivity contribution is -0.111. The predicted molar refractivity (Wildman–Crippen MR) is 207 cm³/mol. The molecule has 11 nitrogen and oxygen atoms in total. The Bertz CT molecular complexity index is 1570. The number of hydrogen-bond donors (Lipinski definition) is 2. The first kappa shape index (κ1) is 39.9. The van der Waals surface area contributed by atoms with E-state index in [0.717, 1.165) is 50.4 Å². The summed E-state index contributed by atoms with van der Waals surface area (Å²) in [6.45, 7) is 0.925. The van der Waals surface area contributed by atoms with Crippen LogP contribution in [-0.2, 0) is 34.5 Å². The third-order valence-electron chi connectivity index (χ3n) is 13.8. The van der Waals surface area contributed by atoms with Crippen LogP contribution in [-0.4, -0.2) is 90.4 Å². The Morgan fingerprint density at radius 3 is 1.35 bits per heavy atom. The van der Waals surface area contributed by atoms with Gasteiger partial charge in [-0.2, -0.15) is 16.8 Å². The van der Waals surface area contributed by atoms with Crippen molar-refractivity contribution in [3.8, 4) is 0 Å². The normalized spacial score (nSPS) is 34.5. The number of rotatable bonds is 12. The van der Waals surface area contributed by atoms with Crippen LogP contribution in [0.2, 0.25) is 0 Å². The van der Waals surface area contributed by atoms with Gasteiger partial charge in [0.05, 0.1) is 23.6 Å². The molecule has 7 rings (SSSR count). The first-order chi connectivity index (χ1) is 25.9. The van der Waals surface area contributed by atoms with E-state index in [4.69, 9.17) is 9.47 Å². The topological polar surface area (TPSA) is 151 Å². The predicted octanol–water partition coefficient (Wildman–Crippen LogP) is 7.34. The van der Waals surface area contributed by atoms with Crippen LogP contribution in [0, 0.1) is 23.7 Å². The summed E-state index contributed by atoms with van der Waals surface area (Å²) in [7, 11) is -8.14. The lowest BCUT2D eigenvalue weighted by Crippen LogP contribution is -2.42. The first-order valence-electron chi connectivity index (χ1n) is 21.0. The minimum atomic E-state index is -4.07. The zero-order valence-electron chi connectivity index (χ0n) is 31.9. The van der Waals surface area contributed by atoms with E-state index >= 15 is 0 Å². The van der Waals surface area contributed by atoms with Crippen LogP contribution in [0.25, 0.3) is 0 Å². The maximum absolute atomic E-state index is 13.7. The largest absolute Gasteiger partial charge is 0.474 e. The van der Waals surface area contributed by atoms with Gasteiger partial charge in [-0.3, -0.25) is 13.9 Å². The van der Waals surface area contributed by atoms with Crippen LogP contribution in [0.5, 0.6) is 0 Å². The number of carbonyl (C=O) groups is 1. The zero-order chi connectivity index (χ0) is 37.9. The number of carbonyl (C=O) groups excluding carboxylic acids is 1. The van der Waals surface area contributed by atoms with Crippen molar-refractivity contribution in [2.75, 3.05) is 24.6 Å². The fraction of sp³-hybridized carbons (Fsp3) is 0.780. The van der Waals surface area contributed by atoms with E-state index < -0.39 is 20.2 Å². The van der Waals surface area contributed by atoms with E-state index in [-0.39, 0.29) is 41.6 Å². The first-order valence-corrected chi connectivity index (χ1v) is 24.3. The molecule has 0 amide bonds. The molecule has 5 saturated carbocycles. The molecule has 0 aromatic carbocycles. The molecular formula is C41H62N2O9S2. The minimum absolute atomic E-state index is 0.0138. The fourth-order valence-electron chi connectivity index (χ4n) is 11.1. The Morgan fingerprint density at radius 2 is 0.963 bits per heavy atom. The van der Waals surface area contributed by atoms with Gasteiger partial charge in [0.25, 0.3) is 20.2 Å². The number of fused-ring (bicyclic) bond motifs is 2. The summed E-state index contributed by atoms with van der Waals surface area (Å²) in [6, 6.07) is 0.318. The maximum atomic E-state index is 13.7. The Kier molecular flexibility index (Phi) is 12.9. The highest BCUT2D eigenvalue weighted by Gasteiger charge is 2.46. The summed E-state index contributed by atoms with van der Waals surface area (Å²) in [5, 5.41) is 0. The molecule has 302 valence electrons. The number of hydrogen-bond acceptors (Lipinski definition) is 9. The van der Waals surface area contributed by atoms with Gasteiger partial charge in [-0.25, -0.2) is 0 Å². The van der Waals surface area contributed by atoms with Crippen molar-refractivity contribution < 1.29 is 40.2 Å². The molecule has 6 unspecified atom stereocenters. The molecule has 0 aromatic heterocycles. The van der Waals surface area contributed by atoms with Gasteiger partial charge in [-0.15, -0.1) is 0 Å². The molecule has 0 aromatic rings. The summed E-state index contributed by atoms with van der Waals surface area (Å²) in [5.74, 6) is 3.51. The SMILES string of the molecule is O=C1/C(=C/C=C2\OC3CCC(C4CCCCC4)CC3N2CCCS(=O)(=O)O)CC/C1=C\C=C1/OC2CCC(C3CCCCC3)CC2N1CCCS(=O)(=O)O. The van der Waals surface area contributed by atoms with E-state index in [1.54, 1.807) is 0 Å². The van der Waals surface area contributed by atoms with E-state index in [1.807, 2.05) is 24.3 Å². The van der Waals surface area contributed by atoms with Crippen molar-refractivity contribution in [1.82, 2.24) is 9.80 Å². The van der Waals surface area contributed by atoms with Crippen molar-refractivity contribution in [2.45, 2.75) is 153 Å². The monoisotopic (exact) mass is 790 g/mol. The lowest BCUT2D eigenvalue weighted by Gasteiger charge is -2.39. The molecule has 2 aliphatic heterocycles. The van der Waals surface area contributed by atoms with Gasteiger partial charge in [0.15, 0.2) is 17.5 Å². The van der Waals surface area contributed by atoms with Crippen LogP contribution >= 0.6 is 0 Å². The van der Waals surface area contributed by atoms with Crippen LogP contribution in [0.4, 0.5) is 0 Å². The molecule has 5 aliphatic carbocycles. The Morgan fingerprint density at radius 1 is 0.556 bits per heavy atom. The van der Waals surface area contributed by atoms with Gasteiger partial charge in [0.1, 0.15) is 12.2 Å².